The third-order valence-corrected chi connectivity index (χ3v) is 3.37. The number of rotatable bonds is 4. The molecule has 2 heterocycles. The Labute approximate surface area is 123 Å². The maximum Gasteiger partial charge on any atom is 0.226 e. The molecule has 3 rings (SSSR count). The minimum atomic E-state index is -0.0148. The van der Waals surface area contributed by atoms with E-state index in [1.165, 1.54) is 5.56 Å². The third kappa shape index (κ3) is 3.28. The van der Waals surface area contributed by atoms with Crippen molar-refractivity contribution in [2.75, 3.05) is 0 Å². The molecule has 1 N–H and O–H groups in total. The van der Waals surface area contributed by atoms with Gasteiger partial charge in [-0.05, 0) is 24.6 Å². The van der Waals surface area contributed by atoms with Crippen LogP contribution in [0.25, 0.3) is 5.65 Å². The highest BCUT2D eigenvalue weighted by molar-refractivity contribution is 5.78. The van der Waals surface area contributed by atoms with Crippen molar-refractivity contribution in [1.82, 2.24) is 14.7 Å². The molecule has 4 heteroatoms. The van der Waals surface area contributed by atoms with Crippen LogP contribution in [0.3, 0.4) is 0 Å². The van der Waals surface area contributed by atoms with Gasteiger partial charge in [0.15, 0.2) is 0 Å². The summed E-state index contributed by atoms with van der Waals surface area (Å²) in [5.41, 5.74) is 3.96. The summed E-state index contributed by atoms with van der Waals surface area (Å²) in [4.78, 5) is 16.4. The fourth-order valence-electron chi connectivity index (χ4n) is 2.21. The fourth-order valence-corrected chi connectivity index (χ4v) is 2.21. The van der Waals surface area contributed by atoms with Gasteiger partial charge < -0.3 is 9.72 Å². The highest BCUT2D eigenvalue weighted by atomic mass is 16.1. The molecule has 0 radical (unpaired) electrons. The average Bonchev–Trinajstić information content (AvgIpc) is 2.88. The van der Waals surface area contributed by atoms with Crippen LogP contribution in [0.5, 0.6) is 0 Å². The van der Waals surface area contributed by atoms with Crippen molar-refractivity contribution in [1.29, 1.82) is 0 Å². The van der Waals surface area contributed by atoms with Gasteiger partial charge in [-0.1, -0.05) is 35.9 Å². The zero-order valence-electron chi connectivity index (χ0n) is 11.9. The Morgan fingerprint density at radius 3 is 2.76 bits per heavy atom. The summed E-state index contributed by atoms with van der Waals surface area (Å²) in [7, 11) is 0. The number of hydrogen-bond acceptors (Lipinski definition) is 2. The number of aryl methyl sites for hydroxylation is 1. The number of carbonyl (C=O) groups excluding carboxylic acids is 1. The Hall–Kier alpha value is -2.62. The quantitative estimate of drug-likeness (QED) is 0.797. The van der Waals surface area contributed by atoms with Crippen molar-refractivity contribution < 1.29 is 4.79 Å². The van der Waals surface area contributed by atoms with Crippen LogP contribution in [0.4, 0.5) is 0 Å². The Balaban J connectivity index is 1.59. The summed E-state index contributed by atoms with van der Waals surface area (Å²) in [5, 5.41) is 2.92. The second-order valence-corrected chi connectivity index (χ2v) is 5.14. The summed E-state index contributed by atoms with van der Waals surface area (Å²) in [6, 6.07) is 13.9. The average molecular weight is 279 g/mol. The highest BCUT2D eigenvalue weighted by Gasteiger charge is 2.07. The van der Waals surface area contributed by atoms with E-state index in [1.54, 1.807) is 0 Å². The smallest absolute Gasteiger partial charge is 0.226 e. The Kier molecular flexibility index (Phi) is 3.69. The first kappa shape index (κ1) is 13.4. The van der Waals surface area contributed by atoms with Crippen LogP contribution < -0.4 is 5.32 Å². The lowest BCUT2D eigenvalue weighted by molar-refractivity contribution is -0.120. The molecule has 4 nitrogen and oxygen atoms in total. The Bertz CT molecular complexity index is 726. The molecule has 0 saturated carbocycles. The number of benzene rings is 1. The summed E-state index contributed by atoms with van der Waals surface area (Å²) in [5.74, 6) is -0.0148. The number of pyridine rings is 1. The van der Waals surface area contributed by atoms with Gasteiger partial charge in [-0.3, -0.25) is 4.79 Å². The Morgan fingerprint density at radius 2 is 2.00 bits per heavy atom. The van der Waals surface area contributed by atoms with Crippen LogP contribution in [0.1, 0.15) is 16.8 Å². The molecule has 0 saturated heterocycles. The largest absolute Gasteiger partial charge is 0.352 e. The first-order valence-corrected chi connectivity index (χ1v) is 6.95. The molecule has 0 unspecified atom stereocenters. The molecule has 106 valence electrons. The lowest BCUT2D eigenvalue weighted by Crippen LogP contribution is -2.24. The molecule has 0 fully saturated rings. The van der Waals surface area contributed by atoms with Gasteiger partial charge in [-0.25, -0.2) is 4.98 Å². The van der Waals surface area contributed by atoms with Gasteiger partial charge in [0.05, 0.1) is 12.1 Å². The maximum atomic E-state index is 12.0. The molecule has 0 atom stereocenters. The normalized spacial score (nSPS) is 10.7. The summed E-state index contributed by atoms with van der Waals surface area (Å²) in [6.07, 6.45) is 4.12. The number of imidazole rings is 1. The van der Waals surface area contributed by atoms with Crippen LogP contribution in [0, 0.1) is 6.92 Å². The zero-order valence-corrected chi connectivity index (χ0v) is 11.9. The lowest BCUT2D eigenvalue weighted by Gasteiger charge is -2.04. The van der Waals surface area contributed by atoms with E-state index >= 15 is 0 Å². The van der Waals surface area contributed by atoms with Crippen molar-refractivity contribution in [2.45, 2.75) is 19.9 Å². The van der Waals surface area contributed by atoms with Crippen molar-refractivity contribution >= 4 is 11.6 Å². The topological polar surface area (TPSA) is 46.4 Å². The Morgan fingerprint density at radius 1 is 1.19 bits per heavy atom. The molecule has 0 bridgehead atoms. The molecule has 1 aromatic carbocycles. The number of carbonyl (C=O) groups is 1. The second kappa shape index (κ2) is 5.79. The van der Waals surface area contributed by atoms with E-state index in [1.807, 2.05) is 66.2 Å². The van der Waals surface area contributed by atoms with Crippen LogP contribution >= 0.6 is 0 Å². The molecule has 2 aromatic heterocycles. The maximum absolute atomic E-state index is 12.0. The molecule has 0 aliphatic carbocycles. The number of hydrogen-bond donors (Lipinski definition) is 1. The number of nitrogens with zero attached hydrogens (tertiary/aromatic N) is 2. The molecule has 0 aliphatic rings. The number of nitrogens with one attached hydrogen (secondary N) is 1. The van der Waals surface area contributed by atoms with E-state index in [-0.39, 0.29) is 5.91 Å². The van der Waals surface area contributed by atoms with Gasteiger partial charge in [-0.2, -0.15) is 0 Å². The van der Waals surface area contributed by atoms with Crippen molar-refractivity contribution in [2.24, 2.45) is 0 Å². The standard InChI is InChI=1S/C17H17N3O/c1-13-5-7-14(8-6-13)11-18-17(21)10-15-12-20-9-3-2-4-16(20)19-15/h2-9,12H,10-11H2,1H3,(H,18,21). The molecular weight excluding hydrogens is 262 g/mol. The summed E-state index contributed by atoms with van der Waals surface area (Å²) >= 11 is 0. The minimum Gasteiger partial charge on any atom is -0.352 e. The van der Waals surface area contributed by atoms with Crippen LogP contribution in [-0.2, 0) is 17.8 Å². The molecule has 3 aromatic rings. The molecule has 21 heavy (non-hydrogen) atoms. The van der Waals surface area contributed by atoms with Gasteiger partial charge in [0.1, 0.15) is 5.65 Å². The van der Waals surface area contributed by atoms with E-state index in [0.717, 1.165) is 16.9 Å². The van der Waals surface area contributed by atoms with Crippen molar-refractivity contribution in [3.63, 3.8) is 0 Å². The van der Waals surface area contributed by atoms with Gasteiger partial charge in [-0.15, -0.1) is 0 Å². The van der Waals surface area contributed by atoms with Gasteiger partial charge in [0.25, 0.3) is 0 Å². The van der Waals surface area contributed by atoms with E-state index in [0.29, 0.717) is 13.0 Å². The molecule has 0 spiro atoms. The monoisotopic (exact) mass is 279 g/mol. The van der Waals surface area contributed by atoms with Crippen LogP contribution in [-0.4, -0.2) is 15.3 Å². The van der Waals surface area contributed by atoms with E-state index in [4.69, 9.17) is 0 Å². The number of fused-ring (bicyclic) bond motifs is 1. The third-order valence-electron chi connectivity index (χ3n) is 3.37. The minimum absolute atomic E-state index is 0.0148. The van der Waals surface area contributed by atoms with E-state index in [2.05, 4.69) is 10.3 Å². The SMILES string of the molecule is Cc1ccc(CNC(=O)Cc2cn3ccccc3n2)cc1. The van der Waals surface area contributed by atoms with E-state index in [9.17, 15) is 4.79 Å². The summed E-state index contributed by atoms with van der Waals surface area (Å²) < 4.78 is 1.92. The molecule has 0 aliphatic heterocycles. The highest BCUT2D eigenvalue weighted by Crippen LogP contribution is 2.06. The van der Waals surface area contributed by atoms with Gasteiger partial charge in [0.2, 0.25) is 5.91 Å². The van der Waals surface area contributed by atoms with Crippen LogP contribution in [0.2, 0.25) is 0 Å². The van der Waals surface area contributed by atoms with Crippen LogP contribution in [0.15, 0.2) is 54.9 Å². The van der Waals surface area contributed by atoms with Crippen molar-refractivity contribution in [3.8, 4) is 0 Å². The van der Waals surface area contributed by atoms with Gasteiger partial charge >= 0.3 is 0 Å². The first-order valence-electron chi connectivity index (χ1n) is 6.95. The predicted octanol–water partition coefficient (Wildman–Crippen LogP) is 2.50. The predicted molar refractivity (Wildman–Crippen MR) is 81.9 cm³/mol. The lowest BCUT2D eigenvalue weighted by atomic mass is 10.1. The number of amides is 1. The number of aromatic nitrogens is 2. The fraction of sp³-hybridized carbons (Fsp3) is 0.176. The first-order chi connectivity index (χ1) is 10.2. The van der Waals surface area contributed by atoms with E-state index < -0.39 is 0 Å². The molecular formula is C17H17N3O. The zero-order chi connectivity index (χ0) is 14.7. The van der Waals surface area contributed by atoms with Crippen molar-refractivity contribution in [3.05, 3.63) is 71.7 Å². The molecule has 1 amide bonds. The van der Waals surface area contributed by atoms with Gasteiger partial charge in [0, 0.05) is 18.9 Å². The summed E-state index contributed by atoms with van der Waals surface area (Å²) in [6.45, 7) is 2.60. The second-order valence-electron chi connectivity index (χ2n) is 5.14.